The summed E-state index contributed by atoms with van der Waals surface area (Å²) in [5.74, 6) is 3.42. The lowest BCUT2D eigenvalue weighted by atomic mass is 9.61. The molecule has 0 aromatic heterocycles. The van der Waals surface area contributed by atoms with Crippen LogP contribution in [0.1, 0.15) is 100 Å². The molecule has 3 rings (SSSR count). The lowest BCUT2D eigenvalue weighted by molar-refractivity contribution is 0.0924. The van der Waals surface area contributed by atoms with E-state index in [-0.39, 0.29) is 11.1 Å². The molecule has 0 heterocycles. The van der Waals surface area contributed by atoms with Crippen LogP contribution in [0.4, 0.5) is 0 Å². The van der Waals surface area contributed by atoms with Gasteiger partial charge < -0.3 is 9.53 Å². The van der Waals surface area contributed by atoms with Gasteiger partial charge in [0.2, 0.25) is 0 Å². The SMILES string of the molecule is C=C1/C(=C/C=C2\CCC[C@]3(C)[C@@H]([C@H](C)/C=C/[C@H](C)C(C)C)CC[C@@H]23)C[C@@H](O[Si](C)(C)C(C)(C)C)C[C@@H]1O. The quantitative estimate of drug-likeness (QED) is 0.264. The molecule has 0 amide bonds. The van der Waals surface area contributed by atoms with Crippen molar-refractivity contribution in [2.45, 2.75) is 131 Å². The van der Waals surface area contributed by atoms with Crippen LogP contribution in [-0.4, -0.2) is 25.6 Å². The zero-order valence-electron chi connectivity index (χ0n) is 25.9. The summed E-state index contributed by atoms with van der Waals surface area (Å²) in [4.78, 5) is 0. The number of aliphatic hydroxyl groups excluding tert-OH is 1. The van der Waals surface area contributed by atoms with Crippen LogP contribution in [0.3, 0.4) is 0 Å². The molecule has 0 saturated heterocycles. The molecule has 0 aliphatic heterocycles. The van der Waals surface area contributed by atoms with Gasteiger partial charge in [0.15, 0.2) is 8.32 Å². The van der Waals surface area contributed by atoms with Gasteiger partial charge in [0.25, 0.3) is 0 Å². The van der Waals surface area contributed by atoms with E-state index in [0.717, 1.165) is 17.9 Å². The second-order valence-corrected chi connectivity index (χ2v) is 19.6. The van der Waals surface area contributed by atoms with Crippen molar-refractivity contribution in [3.8, 4) is 0 Å². The van der Waals surface area contributed by atoms with E-state index in [0.29, 0.717) is 35.5 Å². The molecule has 0 radical (unpaired) electrons. The molecule has 0 aromatic rings. The summed E-state index contributed by atoms with van der Waals surface area (Å²) in [5, 5.41) is 11.0. The average Bonchev–Trinajstić information content (AvgIpc) is 3.15. The topological polar surface area (TPSA) is 29.5 Å². The van der Waals surface area contributed by atoms with Crippen LogP contribution in [-0.2, 0) is 4.43 Å². The molecule has 210 valence electrons. The second kappa shape index (κ2) is 11.7. The van der Waals surface area contributed by atoms with Gasteiger partial charge in [-0.3, -0.25) is 0 Å². The van der Waals surface area contributed by atoms with Crippen LogP contribution < -0.4 is 0 Å². The first-order chi connectivity index (χ1) is 17.1. The maximum Gasteiger partial charge on any atom is 0.192 e. The van der Waals surface area contributed by atoms with Gasteiger partial charge in [0.1, 0.15) is 0 Å². The van der Waals surface area contributed by atoms with Crippen LogP contribution in [0.25, 0.3) is 0 Å². The van der Waals surface area contributed by atoms with Crippen LogP contribution in [0.5, 0.6) is 0 Å². The van der Waals surface area contributed by atoms with Gasteiger partial charge in [-0.15, -0.1) is 0 Å². The van der Waals surface area contributed by atoms with Gasteiger partial charge >= 0.3 is 0 Å². The minimum atomic E-state index is -1.88. The van der Waals surface area contributed by atoms with Gasteiger partial charge in [0, 0.05) is 6.42 Å². The van der Waals surface area contributed by atoms with Crippen LogP contribution in [0, 0.1) is 35.0 Å². The second-order valence-electron chi connectivity index (χ2n) is 14.9. The number of fused-ring (bicyclic) bond motifs is 1. The first kappa shape index (κ1) is 30.6. The maximum absolute atomic E-state index is 10.8. The first-order valence-corrected chi connectivity index (χ1v) is 18.1. The third kappa shape index (κ3) is 6.82. The Hall–Kier alpha value is -0.903. The van der Waals surface area contributed by atoms with E-state index in [1.54, 1.807) is 5.57 Å². The lowest BCUT2D eigenvalue weighted by Crippen LogP contribution is -2.46. The molecule has 7 atom stereocenters. The number of aliphatic hydroxyl groups is 1. The van der Waals surface area contributed by atoms with Crippen molar-refractivity contribution in [1.29, 1.82) is 0 Å². The Labute approximate surface area is 230 Å². The van der Waals surface area contributed by atoms with Crippen molar-refractivity contribution >= 4 is 8.32 Å². The van der Waals surface area contributed by atoms with Crippen LogP contribution in [0.2, 0.25) is 18.1 Å². The number of allylic oxidation sites excluding steroid dienone is 5. The fourth-order valence-corrected chi connectivity index (χ4v) is 8.35. The fourth-order valence-electron chi connectivity index (χ4n) is 6.98. The Morgan fingerprint density at radius 3 is 2.38 bits per heavy atom. The van der Waals surface area contributed by atoms with Gasteiger partial charge in [-0.25, -0.2) is 0 Å². The van der Waals surface area contributed by atoms with Crippen LogP contribution in [0.15, 0.2) is 47.6 Å². The summed E-state index contributed by atoms with van der Waals surface area (Å²) in [6.45, 7) is 27.8. The minimum Gasteiger partial charge on any atom is -0.413 e. The maximum atomic E-state index is 10.8. The summed E-state index contributed by atoms with van der Waals surface area (Å²) < 4.78 is 6.73. The summed E-state index contributed by atoms with van der Waals surface area (Å²) in [7, 11) is -1.88. The minimum absolute atomic E-state index is 0.0828. The third-order valence-electron chi connectivity index (χ3n) is 11.0. The smallest absolute Gasteiger partial charge is 0.192 e. The molecule has 37 heavy (non-hydrogen) atoms. The van der Waals surface area contributed by atoms with Gasteiger partial charge in [-0.05, 0) is 103 Å². The zero-order valence-corrected chi connectivity index (χ0v) is 26.9. The van der Waals surface area contributed by atoms with E-state index in [4.69, 9.17) is 4.43 Å². The Balaban J connectivity index is 1.77. The van der Waals surface area contributed by atoms with Crippen LogP contribution >= 0.6 is 0 Å². The first-order valence-electron chi connectivity index (χ1n) is 15.2. The number of rotatable bonds is 7. The van der Waals surface area contributed by atoms with E-state index >= 15 is 0 Å². The van der Waals surface area contributed by atoms with Crippen molar-refractivity contribution in [3.05, 3.63) is 47.6 Å². The predicted octanol–water partition coefficient (Wildman–Crippen LogP) is 9.64. The van der Waals surface area contributed by atoms with Crippen molar-refractivity contribution < 1.29 is 9.53 Å². The average molecular weight is 527 g/mol. The van der Waals surface area contributed by atoms with Crippen molar-refractivity contribution in [1.82, 2.24) is 0 Å². The van der Waals surface area contributed by atoms with E-state index < -0.39 is 14.4 Å². The Morgan fingerprint density at radius 1 is 1.08 bits per heavy atom. The van der Waals surface area contributed by atoms with E-state index in [2.05, 4.69) is 99.4 Å². The molecule has 0 aromatic carbocycles. The lowest BCUT2D eigenvalue weighted by Gasteiger charge is -2.44. The molecule has 2 nitrogen and oxygen atoms in total. The summed E-state index contributed by atoms with van der Waals surface area (Å²) in [6.07, 6.45) is 17.3. The monoisotopic (exact) mass is 526 g/mol. The number of hydrogen-bond donors (Lipinski definition) is 1. The van der Waals surface area contributed by atoms with Crippen molar-refractivity contribution in [2.75, 3.05) is 0 Å². The molecular formula is C34H58O2Si. The summed E-state index contributed by atoms with van der Waals surface area (Å²) in [5.41, 5.74) is 4.11. The molecule has 0 bridgehead atoms. The predicted molar refractivity (Wildman–Crippen MR) is 163 cm³/mol. The highest BCUT2D eigenvalue weighted by Gasteiger charge is 2.50. The molecule has 3 aliphatic carbocycles. The summed E-state index contributed by atoms with van der Waals surface area (Å²) >= 11 is 0. The van der Waals surface area contributed by atoms with Crippen molar-refractivity contribution in [2.24, 2.45) is 35.0 Å². The molecule has 3 saturated carbocycles. The molecule has 0 spiro atoms. The van der Waals surface area contributed by atoms with Crippen molar-refractivity contribution in [3.63, 3.8) is 0 Å². The van der Waals surface area contributed by atoms with E-state index in [9.17, 15) is 5.11 Å². The normalized spacial score (nSPS) is 35.5. The highest BCUT2D eigenvalue weighted by molar-refractivity contribution is 6.74. The largest absolute Gasteiger partial charge is 0.413 e. The van der Waals surface area contributed by atoms with Gasteiger partial charge in [-0.2, -0.15) is 0 Å². The van der Waals surface area contributed by atoms with E-state index in [1.165, 1.54) is 37.7 Å². The third-order valence-corrected chi connectivity index (χ3v) is 15.5. The summed E-state index contributed by atoms with van der Waals surface area (Å²) in [6, 6.07) is 0. The zero-order chi connectivity index (χ0) is 27.8. The standard InChI is InChI=1S/C34H58O2Si/c1-23(2)24(3)14-15-25(4)30-18-19-31-27(13-12-20-34(30,31)9)16-17-28-21-29(22-32(35)26(28)5)36-37(10,11)33(6,7)8/h14-17,23-25,29-32,35H,5,12-13,18-22H2,1-4,6-11H3/b15-14+,27-16+,28-17+/t24-,25+,29+,30+,31-,32-,34+/m0/s1. The Kier molecular flexibility index (Phi) is 9.67. The molecule has 3 aliphatic rings. The fraction of sp³-hybridized carbons (Fsp3) is 0.765. The molecule has 3 heteroatoms. The highest BCUT2D eigenvalue weighted by atomic mass is 28.4. The molecule has 1 N–H and O–H groups in total. The Bertz CT molecular complexity index is 901. The molecule has 3 fully saturated rings. The van der Waals surface area contributed by atoms with Gasteiger partial charge in [0.05, 0.1) is 12.2 Å². The molecular weight excluding hydrogens is 468 g/mol. The van der Waals surface area contributed by atoms with Gasteiger partial charge in [-0.1, -0.05) is 91.8 Å². The highest BCUT2D eigenvalue weighted by Crippen LogP contribution is 2.59. The molecule has 0 unspecified atom stereocenters. The number of hydrogen-bond acceptors (Lipinski definition) is 2. The van der Waals surface area contributed by atoms with E-state index in [1.807, 2.05) is 0 Å². The Morgan fingerprint density at radius 2 is 1.76 bits per heavy atom.